The Labute approximate surface area is 134 Å². The molecule has 1 aromatic heterocycles. The van der Waals surface area contributed by atoms with Crippen LogP contribution in [0.4, 0.5) is 5.95 Å². The van der Waals surface area contributed by atoms with E-state index in [0.717, 1.165) is 0 Å². The molecule has 116 valence electrons. The topological polar surface area (TPSA) is 91.3 Å². The van der Waals surface area contributed by atoms with Crippen molar-refractivity contribution < 1.29 is 9.90 Å². The molecule has 6 nitrogen and oxygen atoms in total. The minimum absolute atomic E-state index is 0.0491. The van der Waals surface area contributed by atoms with Crippen molar-refractivity contribution in [1.82, 2.24) is 9.55 Å². The average molecular weight is 308 g/mol. The molecule has 0 aliphatic carbocycles. The van der Waals surface area contributed by atoms with E-state index in [4.69, 9.17) is 5.26 Å². The number of rotatable bonds is 5. The summed E-state index contributed by atoms with van der Waals surface area (Å²) in [6.07, 6.45) is 4.01. The standard InChI is InChI=1S/C17H16N4O2/c1-4-8-21-15(13(5-2)20-17(21)19-3)16(23)11-6-7-14(22)12(9-11)10-18/h4,6-9,22H,3,5H2,1-2H3/b8-4-. The van der Waals surface area contributed by atoms with Crippen LogP contribution in [0.3, 0.4) is 0 Å². The van der Waals surface area contributed by atoms with Crippen molar-refractivity contribution in [3.63, 3.8) is 0 Å². The molecule has 0 fully saturated rings. The van der Waals surface area contributed by atoms with Crippen LogP contribution in [0, 0.1) is 11.3 Å². The number of carbonyl (C=O) groups is 1. The minimum Gasteiger partial charge on any atom is -0.507 e. The maximum Gasteiger partial charge on any atom is 0.233 e. The smallest absolute Gasteiger partial charge is 0.233 e. The molecule has 0 spiro atoms. The Morgan fingerprint density at radius 1 is 1.57 bits per heavy atom. The Bertz CT molecular complexity index is 841. The number of benzene rings is 1. The first-order chi connectivity index (χ1) is 11.1. The molecule has 0 radical (unpaired) electrons. The molecule has 0 amide bonds. The Morgan fingerprint density at radius 2 is 2.30 bits per heavy atom. The highest BCUT2D eigenvalue weighted by atomic mass is 16.3. The highest BCUT2D eigenvalue weighted by Gasteiger charge is 2.22. The second-order valence-electron chi connectivity index (χ2n) is 4.74. The maximum absolute atomic E-state index is 12.9. The van der Waals surface area contributed by atoms with Crippen LogP contribution < -0.4 is 0 Å². The third-order valence-corrected chi connectivity index (χ3v) is 3.33. The number of aromatic nitrogens is 2. The van der Waals surface area contributed by atoms with E-state index in [1.54, 1.807) is 16.8 Å². The van der Waals surface area contributed by atoms with Crippen LogP contribution in [0.25, 0.3) is 6.20 Å². The fourth-order valence-electron chi connectivity index (χ4n) is 2.26. The summed E-state index contributed by atoms with van der Waals surface area (Å²) >= 11 is 0. The van der Waals surface area contributed by atoms with Gasteiger partial charge < -0.3 is 5.11 Å². The summed E-state index contributed by atoms with van der Waals surface area (Å²) in [5.74, 6) is -0.114. The molecule has 1 heterocycles. The van der Waals surface area contributed by atoms with Gasteiger partial charge in [0, 0.05) is 11.8 Å². The second kappa shape index (κ2) is 6.71. The van der Waals surface area contributed by atoms with Crippen molar-refractivity contribution >= 4 is 24.6 Å². The van der Waals surface area contributed by atoms with Crippen molar-refractivity contribution in [2.75, 3.05) is 0 Å². The molecule has 0 bridgehead atoms. The van der Waals surface area contributed by atoms with Crippen molar-refractivity contribution in [3.05, 3.63) is 46.8 Å². The van der Waals surface area contributed by atoms with Crippen LogP contribution in [0.5, 0.6) is 5.75 Å². The normalized spacial score (nSPS) is 10.7. The fourth-order valence-corrected chi connectivity index (χ4v) is 2.26. The Morgan fingerprint density at radius 3 is 2.87 bits per heavy atom. The van der Waals surface area contributed by atoms with Gasteiger partial charge in [-0.1, -0.05) is 13.0 Å². The Hall–Kier alpha value is -3.20. The summed E-state index contributed by atoms with van der Waals surface area (Å²) in [7, 11) is 0. The first-order valence-electron chi connectivity index (χ1n) is 7.05. The zero-order valence-corrected chi connectivity index (χ0v) is 12.9. The van der Waals surface area contributed by atoms with Crippen molar-refractivity contribution in [2.45, 2.75) is 20.3 Å². The lowest BCUT2D eigenvalue weighted by Crippen LogP contribution is -2.09. The molecule has 2 aromatic rings. The summed E-state index contributed by atoms with van der Waals surface area (Å²) in [6.45, 7) is 7.19. The van der Waals surface area contributed by atoms with Crippen LogP contribution in [0.15, 0.2) is 29.3 Å². The second-order valence-corrected chi connectivity index (χ2v) is 4.74. The van der Waals surface area contributed by atoms with Gasteiger partial charge in [0.1, 0.15) is 17.5 Å². The van der Waals surface area contributed by atoms with Crippen LogP contribution in [-0.4, -0.2) is 27.2 Å². The van der Waals surface area contributed by atoms with Gasteiger partial charge in [0.05, 0.1) is 11.3 Å². The lowest BCUT2D eigenvalue weighted by molar-refractivity contribution is 0.103. The molecule has 6 heteroatoms. The van der Waals surface area contributed by atoms with E-state index in [2.05, 4.69) is 16.7 Å². The van der Waals surface area contributed by atoms with Crippen molar-refractivity contribution in [3.8, 4) is 11.8 Å². The lowest BCUT2D eigenvalue weighted by atomic mass is 10.0. The van der Waals surface area contributed by atoms with E-state index in [1.807, 2.05) is 19.9 Å². The number of aromatic hydroxyl groups is 1. The molecule has 0 saturated heterocycles. The predicted molar refractivity (Wildman–Crippen MR) is 88.1 cm³/mol. The van der Waals surface area contributed by atoms with Gasteiger partial charge in [0.25, 0.3) is 0 Å². The third kappa shape index (κ3) is 2.90. The molecule has 0 atom stereocenters. The van der Waals surface area contributed by atoms with Gasteiger partial charge in [-0.2, -0.15) is 5.26 Å². The third-order valence-electron chi connectivity index (χ3n) is 3.33. The van der Waals surface area contributed by atoms with E-state index in [1.165, 1.54) is 18.2 Å². The van der Waals surface area contributed by atoms with E-state index < -0.39 is 0 Å². The lowest BCUT2D eigenvalue weighted by Gasteiger charge is -2.07. The number of ketones is 1. The van der Waals surface area contributed by atoms with Gasteiger partial charge >= 0.3 is 0 Å². The van der Waals surface area contributed by atoms with Crippen molar-refractivity contribution in [2.24, 2.45) is 4.99 Å². The number of aryl methyl sites for hydroxylation is 1. The Kier molecular flexibility index (Phi) is 4.72. The average Bonchev–Trinajstić information content (AvgIpc) is 2.92. The number of carbonyl (C=O) groups excluding carboxylic acids is 1. The summed E-state index contributed by atoms with van der Waals surface area (Å²) < 4.78 is 1.58. The van der Waals surface area contributed by atoms with Gasteiger partial charge in [0.15, 0.2) is 0 Å². The van der Waals surface area contributed by atoms with E-state index in [0.29, 0.717) is 29.3 Å². The van der Waals surface area contributed by atoms with Crippen LogP contribution in [0.2, 0.25) is 0 Å². The van der Waals surface area contributed by atoms with Gasteiger partial charge in [-0.3, -0.25) is 9.36 Å². The van der Waals surface area contributed by atoms with E-state index >= 15 is 0 Å². The zero-order chi connectivity index (χ0) is 17.0. The number of hydrogen-bond acceptors (Lipinski definition) is 5. The molecule has 23 heavy (non-hydrogen) atoms. The number of phenolic OH excluding ortho intramolecular Hbond substituents is 1. The number of phenols is 1. The molecule has 1 N–H and O–H groups in total. The van der Waals surface area contributed by atoms with Crippen LogP contribution >= 0.6 is 0 Å². The number of nitrogens with zero attached hydrogens (tertiary/aromatic N) is 4. The number of hydrogen-bond donors (Lipinski definition) is 1. The minimum atomic E-state index is -0.293. The molecule has 0 unspecified atom stereocenters. The van der Waals surface area contributed by atoms with Crippen LogP contribution in [-0.2, 0) is 6.42 Å². The molecule has 0 aliphatic rings. The number of imidazole rings is 1. The fraction of sp³-hybridized carbons (Fsp3) is 0.176. The van der Waals surface area contributed by atoms with Crippen molar-refractivity contribution in [1.29, 1.82) is 5.26 Å². The molecule has 1 aromatic carbocycles. The van der Waals surface area contributed by atoms with Gasteiger partial charge in [-0.25, -0.2) is 9.98 Å². The Balaban J connectivity index is 2.65. The van der Waals surface area contributed by atoms with Gasteiger partial charge in [-0.05, 0) is 38.3 Å². The molecule has 0 saturated carbocycles. The first kappa shape index (κ1) is 16.2. The maximum atomic E-state index is 12.9. The summed E-state index contributed by atoms with van der Waals surface area (Å²) in [5.41, 5.74) is 1.33. The molecule has 2 rings (SSSR count). The highest BCUT2D eigenvalue weighted by molar-refractivity contribution is 6.09. The zero-order valence-electron chi connectivity index (χ0n) is 12.9. The molecule has 0 aliphatic heterocycles. The van der Waals surface area contributed by atoms with Gasteiger partial charge in [0.2, 0.25) is 11.7 Å². The quantitative estimate of drug-likeness (QED) is 0.678. The SMILES string of the molecule is C=Nc1nc(CC)c(C(=O)c2ccc(O)c(C#N)c2)n1/C=C\C. The summed E-state index contributed by atoms with van der Waals surface area (Å²) in [5, 5.41) is 18.6. The van der Waals surface area contributed by atoms with E-state index in [9.17, 15) is 9.90 Å². The predicted octanol–water partition coefficient (Wildman–Crippen LogP) is 3.08. The van der Waals surface area contributed by atoms with E-state index in [-0.39, 0.29) is 17.1 Å². The summed E-state index contributed by atoms with van der Waals surface area (Å²) in [6, 6.07) is 6.04. The number of aliphatic imine (C=N–C) groups is 1. The largest absolute Gasteiger partial charge is 0.507 e. The number of allylic oxidation sites excluding steroid dienone is 1. The summed E-state index contributed by atoms with van der Waals surface area (Å²) in [4.78, 5) is 21.1. The molecular weight excluding hydrogens is 292 g/mol. The molecular formula is C17H16N4O2. The number of nitriles is 1. The van der Waals surface area contributed by atoms with Crippen LogP contribution in [0.1, 0.15) is 41.2 Å². The van der Waals surface area contributed by atoms with Gasteiger partial charge in [-0.15, -0.1) is 0 Å². The first-order valence-corrected chi connectivity index (χ1v) is 7.05. The monoisotopic (exact) mass is 308 g/mol. The highest BCUT2D eigenvalue weighted by Crippen LogP contribution is 2.25.